The monoisotopic (exact) mass is 260 g/mol. The van der Waals surface area contributed by atoms with E-state index in [1.165, 1.54) is 11.3 Å². The van der Waals surface area contributed by atoms with E-state index < -0.39 is 0 Å². The molecule has 3 N–H and O–H groups in total. The fourth-order valence-corrected chi connectivity index (χ4v) is 2.92. The average Bonchev–Trinajstić information content (AvgIpc) is 2.85. The van der Waals surface area contributed by atoms with Crippen molar-refractivity contribution >= 4 is 11.7 Å². The van der Waals surface area contributed by atoms with Crippen molar-refractivity contribution in [3.05, 3.63) is 22.9 Å². The largest absolute Gasteiger partial charge is 0.384 e. The van der Waals surface area contributed by atoms with Crippen LogP contribution in [0.1, 0.15) is 30.2 Å². The molecule has 1 saturated heterocycles. The van der Waals surface area contributed by atoms with E-state index in [0.717, 1.165) is 37.2 Å². The zero-order valence-electron chi connectivity index (χ0n) is 11.3. The first-order valence-corrected chi connectivity index (χ1v) is 6.88. The lowest BCUT2D eigenvalue weighted by atomic mass is 10.1. The fourth-order valence-electron chi connectivity index (χ4n) is 2.92. The van der Waals surface area contributed by atoms with Crippen LogP contribution in [0.4, 0.5) is 5.82 Å². The second-order valence-electron chi connectivity index (χ2n) is 5.35. The smallest absolute Gasteiger partial charge is 0.140 e. The minimum Gasteiger partial charge on any atom is -0.384 e. The normalized spacial score (nSPS) is 22.4. The molecule has 0 spiro atoms. The Morgan fingerprint density at radius 3 is 3.11 bits per heavy atom. The van der Waals surface area contributed by atoms with E-state index >= 15 is 0 Å². The van der Waals surface area contributed by atoms with E-state index in [-0.39, 0.29) is 11.9 Å². The van der Waals surface area contributed by atoms with Gasteiger partial charge in [0, 0.05) is 12.2 Å². The SMILES string of the molecule is CC1COCCN1c1nc2c(cc1C(=N)N)CCC2. The first-order valence-electron chi connectivity index (χ1n) is 6.88. The molecule has 1 aliphatic heterocycles. The molecular formula is C14H20N4O. The highest BCUT2D eigenvalue weighted by molar-refractivity contribution is 6.00. The number of amidine groups is 1. The summed E-state index contributed by atoms with van der Waals surface area (Å²) in [6, 6.07) is 2.34. The number of hydrogen-bond acceptors (Lipinski definition) is 4. The number of nitrogens with one attached hydrogen (secondary N) is 1. The summed E-state index contributed by atoms with van der Waals surface area (Å²) in [6.07, 6.45) is 3.25. The number of fused-ring (bicyclic) bond motifs is 1. The minimum absolute atomic E-state index is 0.107. The molecule has 102 valence electrons. The van der Waals surface area contributed by atoms with Crippen LogP contribution < -0.4 is 10.6 Å². The van der Waals surface area contributed by atoms with E-state index in [1.54, 1.807) is 0 Å². The molecule has 0 saturated carbocycles. The Kier molecular flexibility index (Phi) is 3.14. The molecule has 0 radical (unpaired) electrons. The van der Waals surface area contributed by atoms with Crippen LogP contribution >= 0.6 is 0 Å². The van der Waals surface area contributed by atoms with Crippen molar-refractivity contribution in [2.45, 2.75) is 32.2 Å². The fraction of sp³-hybridized carbons (Fsp3) is 0.571. The number of rotatable bonds is 2. The molecule has 1 fully saturated rings. The summed E-state index contributed by atoms with van der Waals surface area (Å²) in [5, 5.41) is 7.80. The number of nitrogens with two attached hydrogens (primary N) is 1. The Balaban J connectivity index is 2.05. The minimum atomic E-state index is 0.107. The molecule has 2 heterocycles. The van der Waals surface area contributed by atoms with Gasteiger partial charge >= 0.3 is 0 Å². The van der Waals surface area contributed by atoms with Crippen molar-refractivity contribution in [2.24, 2.45) is 5.73 Å². The number of aromatic nitrogens is 1. The van der Waals surface area contributed by atoms with E-state index in [2.05, 4.69) is 17.9 Å². The lowest BCUT2D eigenvalue weighted by Crippen LogP contribution is -2.45. The summed E-state index contributed by atoms with van der Waals surface area (Å²) in [4.78, 5) is 7.02. The zero-order chi connectivity index (χ0) is 13.4. The maximum Gasteiger partial charge on any atom is 0.140 e. The van der Waals surface area contributed by atoms with Crippen LogP contribution in [0.15, 0.2) is 6.07 Å². The maximum absolute atomic E-state index is 7.80. The second-order valence-corrected chi connectivity index (χ2v) is 5.35. The van der Waals surface area contributed by atoms with Gasteiger partial charge < -0.3 is 15.4 Å². The van der Waals surface area contributed by atoms with Gasteiger partial charge in [0.2, 0.25) is 0 Å². The van der Waals surface area contributed by atoms with Crippen LogP contribution in [0, 0.1) is 5.41 Å². The van der Waals surface area contributed by atoms with Crippen LogP contribution in [0.25, 0.3) is 0 Å². The van der Waals surface area contributed by atoms with Gasteiger partial charge in [0.15, 0.2) is 0 Å². The predicted octanol–water partition coefficient (Wildman–Crippen LogP) is 1.08. The molecule has 0 amide bonds. The molecular weight excluding hydrogens is 240 g/mol. The summed E-state index contributed by atoms with van der Waals surface area (Å²) in [6.45, 7) is 4.35. The van der Waals surface area contributed by atoms with Gasteiger partial charge in [-0.2, -0.15) is 0 Å². The molecule has 2 aliphatic rings. The number of aryl methyl sites for hydroxylation is 2. The van der Waals surface area contributed by atoms with Gasteiger partial charge in [0.1, 0.15) is 11.7 Å². The Morgan fingerprint density at radius 1 is 1.53 bits per heavy atom. The molecule has 19 heavy (non-hydrogen) atoms. The first kappa shape index (κ1) is 12.4. The third kappa shape index (κ3) is 2.18. The molecule has 0 aromatic carbocycles. The van der Waals surface area contributed by atoms with E-state index in [9.17, 15) is 0 Å². The van der Waals surface area contributed by atoms with Gasteiger partial charge in [-0.1, -0.05) is 0 Å². The molecule has 1 atom stereocenters. The molecule has 1 aromatic heterocycles. The highest BCUT2D eigenvalue weighted by Crippen LogP contribution is 2.28. The van der Waals surface area contributed by atoms with Crippen molar-refractivity contribution in [2.75, 3.05) is 24.7 Å². The molecule has 1 unspecified atom stereocenters. The maximum atomic E-state index is 7.80. The number of pyridine rings is 1. The first-order chi connectivity index (χ1) is 9.16. The molecule has 3 rings (SSSR count). The van der Waals surface area contributed by atoms with Crippen LogP contribution in [0.3, 0.4) is 0 Å². The molecule has 0 bridgehead atoms. The van der Waals surface area contributed by atoms with Gasteiger partial charge in [0.05, 0.1) is 24.8 Å². The van der Waals surface area contributed by atoms with Gasteiger partial charge in [-0.15, -0.1) is 0 Å². The Labute approximate surface area is 113 Å². The number of hydrogen-bond donors (Lipinski definition) is 2. The molecule has 5 heteroatoms. The average molecular weight is 260 g/mol. The molecule has 5 nitrogen and oxygen atoms in total. The van der Waals surface area contributed by atoms with Crippen LogP contribution in [0.5, 0.6) is 0 Å². The van der Waals surface area contributed by atoms with Crippen molar-refractivity contribution < 1.29 is 4.74 Å². The van der Waals surface area contributed by atoms with E-state index in [4.69, 9.17) is 20.9 Å². The van der Waals surface area contributed by atoms with E-state index in [1.807, 2.05) is 0 Å². The third-order valence-corrected chi connectivity index (χ3v) is 3.96. The molecule has 1 aliphatic carbocycles. The summed E-state index contributed by atoms with van der Waals surface area (Å²) in [5.74, 6) is 0.972. The quantitative estimate of drug-likeness (QED) is 0.616. The Bertz CT molecular complexity index is 514. The summed E-state index contributed by atoms with van der Waals surface area (Å²) in [5.41, 5.74) is 8.96. The Morgan fingerprint density at radius 2 is 2.37 bits per heavy atom. The standard InChI is InChI=1S/C14H20N4O/c1-9-8-19-6-5-18(9)14-11(13(15)16)7-10-3-2-4-12(10)17-14/h7,9H,2-6,8H2,1H3,(H3,15,16). The lowest BCUT2D eigenvalue weighted by molar-refractivity contribution is 0.0985. The van der Waals surface area contributed by atoms with Crippen LogP contribution in [-0.2, 0) is 17.6 Å². The van der Waals surface area contributed by atoms with Gasteiger partial charge in [-0.3, -0.25) is 5.41 Å². The number of anilines is 1. The highest BCUT2D eigenvalue weighted by Gasteiger charge is 2.26. The predicted molar refractivity (Wildman–Crippen MR) is 74.9 cm³/mol. The number of nitrogen functional groups attached to an aromatic ring is 1. The number of morpholine rings is 1. The lowest BCUT2D eigenvalue weighted by Gasteiger charge is -2.35. The number of ether oxygens (including phenoxy) is 1. The van der Waals surface area contributed by atoms with Crippen molar-refractivity contribution in [3.63, 3.8) is 0 Å². The highest BCUT2D eigenvalue weighted by atomic mass is 16.5. The van der Waals surface area contributed by atoms with Crippen LogP contribution in [0.2, 0.25) is 0 Å². The number of nitrogens with zero attached hydrogens (tertiary/aromatic N) is 2. The second kappa shape index (κ2) is 4.81. The van der Waals surface area contributed by atoms with Crippen LogP contribution in [-0.4, -0.2) is 36.6 Å². The van der Waals surface area contributed by atoms with E-state index in [0.29, 0.717) is 13.2 Å². The Hall–Kier alpha value is -1.62. The third-order valence-electron chi connectivity index (χ3n) is 3.96. The topological polar surface area (TPSA) is 75.2 Å². The van der Waals surface area contributed by atoms with Gasteiger partial charge in [-0.25, -0.2) is 4.98 Å². The summed E-state index contributed by atoms with van der Waals surface area (Å²) < 4.78 is 5.47. The summed E-state index contributed by atoms with van der Waals surface area (Å²) >= 11 is 0. The van der Waals surface area contributed by atoms with Crippen molar-refractivity contribution in [1.82, 2.24) is 4.98 Å². The van der Waals surface area contributed by atoms with Gasteiger partial charge in [0.25, 0.3) is 0 Å². The van der Waals surface area contributed by atoms with Gasteiger partial charge in [-0.05, 0) is 37.8 Å². The van der Waals surface area contributed by atoms with Crippen molar-refractivity contribution in [3.8, 4) is 0 Å². The molecule has 1 aromatic rings. The summed E-state index contributed by atoms with van der Waals surface area (Å²) in [7, 11) is 0. The zero-order valence-corrected chi connectivity index (χ0v) is 11.3. The van der Waals surface area contributed by atoms with Crippen molar-refractivity contribution in [1.29, 1.82) is 5.41 Å².